The fourth-order valence-electron chi connectivity index (χ4n) is 2.49. The standard InChI is InChI=1S/C11H19N3O2/c1-2-6-14-7-3-4-11(5-8-14)9(15)13-10(12)16-11/h2-8H2,1H3,(H2,12,13,15). The van der Waals surface area contributed by atoms with E-state index in [-0.39, 0.29) is 11.9 Å². The predicted molar refractivity (Wildman–Crippen MR) is 61.0 cm³/mol. The number of likely N-dealkylation sites (tertiary alicyclic amines) is 1. The molecule has 1 fully saturated rings. The molecular formula is C11H19N3O2. The summed E-state index contributed by atoms with van der Waals surface area (Å²) in [7, 11) is 0. The highest BCUT2D eigenvalue weighted by Gasteiger charge is 2.46. The Balaban J connectivity index is 2.01. The number of amidine groups is 1. The summed E-state index contributed by atoms with van der Waals surface area (Å²) >= 11 is 0. The van der Waals surface area contributed by atoms with Crippen molar-refractivity contribution >= 4 is 11.9 Å². The summed E-state index contributed by atoms with van der Waals surface area (Å²) in [4.78, 5) is 17.8. The van der Waals surface area contributed by atoms with Crippen molar-refractivity contribution in [3.8, 4) is 0 Å². The highest BCUT2D eigenvalue weighted by Crippen LogP contribution is 2.31. The van der Waals surface area contributed by atoms with Crippen LogP contribution in [0.4, 0.5) is 0 Å². The minimum atomic E-state index is -0.743. The van der Waals surface area contributed by atoms with Crippen molar-refractivity contribution in [1.82, 2.24) is 4.90 Å². The van der Waals surface area contributed by atoms with Crippen LogP contribution >= 0.6 is 0 Å². The molecule has 2 heterocycles. The van der Waals surface area contributed by atoms with Crippen molar-refractivity contribution in [3.63, 3.8) is 0 Å². The quantitative estimate of drug-likeness (QED) is 0.742. The molecule has 2 aliphatic heterocycles. The maximum absolute atomic E-state index is 11.8. The van der Waals surface area contributed by atoms with Crippen molar-refractivity contribution in [2.75, 3.05) is 19.6 Å². The van der Waals surface area contributed by atoms with Gasteiger partial charge in [0.05, 0.1) is 0 Å². The Bertz CT molecular complexity index is 316. The van der Waals surface area contributed by atoms with Crippen LogP contribution in [0.1, 0.15) is 32.6 Å². The van der Waals surface area contributed by atoms with Gasteiger partial charge in [-0.2, -0.15) is 4.99 Å². The van der Waals surface area contributed by atoms with E-state index in [0.717, 1.165) is 38.9 Å². The van der Waals surface area contributed by atoms with Crippen molar-refractivity contribution in [1.29, 1.82) is 0 Å². The van der Waals surface area contributed by atoms with Crippen molar-refractivity contribution in [2.45, 2.75) is 38.2 Å². The minimum absolute atomic E-state index is 0.0361. The third-order valence-corrected chi connectivity index (χ3v) is 3.33. The summed E-state index contributed by atoms with van der Waals surface area (Å²) in [5.41, 5.74) is 4.72. The van der Waals surface area contributed by atoms with Crippen LogP contribution in [0.25, 0.3) is 0 Å². The van der Waals surface area contributed by atoms with Gasteiger partial charge in [0.1, 0.15) is 0 Å². The van der Waals surface area contributed by atoms with E-state index in [0.29, 0.717) is 6.42 Å². The minimum Gasteiger partial charge on any atom is -0.448 e. The number of ether oxygens (including phenoxy) is 1. The molecule has 0 bridgehead atoms. The molecule has 1 spiro atoms. The van der Waals surface area contributed by atoms with Gasteiger partial charge in [-0.15, -0.1) is 0 Å². The Morgan fingerprint density at radius 2 is 2.31 bits per heavy atom. The molecule has 2 rings (SSSR count). The summed E-state index contributed by atoms with van der Waals surface area (Å²) < 4.78 is 5.46. The van der Waals surface area contributed by atoms with Gasteiger partial charge in [0, 0.05) is 13.0 Å². The lowest BCUT2D eigenvalue weighted by atomic mass is 9.94. The highest BCUT2D eigenvalue weighted by molar-refractivity contribution is 6.00. The number of hydrogen-bond donors (Lipinski definition) is 1. The summed E-state index contributed by atoms with van der Waals surface area (Å²) in [6, 6.07) is 0.0361. The number of carbonyl (C=O) groups excluding carboxylic acids is 1. The molecule has 0 aromatic rings. The van der Waals surface area contributed by atoms with E-state index in [2.05, 4.69) is 16.8 Å². The first-order valence-corrected chi connectivity index (χ1v) is 5.96. The van der Waals surface area contributed by atoms with Gasteiger partial charge in [-0.3, -0.25) is 4.79 Å². The molecule has 90 valence electrons. The van der Waals surface area contributed by atoms with Crippen LogP contribution < -0.4 is 5.73 Å². The molecule has 2 aliphatic rings. The van der Waals surface area contributed by atoms with Crippen molar-refractivity contribution < 1.29 is 9.53 Å². The van der Waals surface area contributed by atoms with Crippen LogP contribution in [-0.4, -0.2) is 42.1 Å². The van der Waals surface area contributed by atoms with Crippen LogP contribution in [-0.2, 0) is 9.53 Å². The van der Waals surface area contributed by atoms with Gasteiger partial charge in [-0.25, -0.2) is 0 Å². The second kappa shape index (κ2) is 4.41. The Morgan fingerprint density at radius 1 is 1.50 bits per heavy atom. The fourth-order valence-corrected chi connectivity index (χ4v) is 2.49. The van der Waals surface area contributed by atoms with E-state index < -0.39 is 5.60 Å². The normalized spacial score (nSPS) is 31.3. The van der Waals surface area contributed by atoms with Gasteiger partial charge in [-0.1, -0.05) is 6.92 Å². The van der Waals surface area contributed by atoms with E-state index in [1.165, 1.54) is 0 Å². The Morgan fingerprint density at radius 3 is 2.94 bits per heavy atom. The highest BCUT2D eigenvalue weighted by atomic mass is 16.5. The molecule has 0 saturated carbocycles. The van der Waals surface area contributed by atoms with Crippen molar-refractivity contribution in [2.24, 2.45) is 10.7 Å². The fraction of sp³-hybridized carbons (Fsp3) is 0.818. The molecule has 16 heavy (non-hydrogen) atoms. The summed E-state index contributed by atoms with van der Waals surface area (Å²) in [5.74, 6) is -0.191. The molecule has 0 aromatic carbocycles. The Kier molecular flexibility index (Phi) is 3.14. The second-order valence-corrected chi connectivity index (χ2v) is 4.55. The van der Waals surface area contributed by atoms with E-state index in [1.807, 2.05) is 0 Å². The van der Waals surface area contributed by atoms with E-state index in [4.69, 9.17) is 10.5 Å². The zero-order valence-electron chi connectivity index (χ0n) is 9.74. The zero-order chi connectivity index (χ0) is 11.6. The van der Waals surface area contributed by atoms with E-state index in [9.17, 15) is 4.79 Å². The van der Waals surface area contributed by atoms with Gasteiger partial charge >= 0.3 is 0 Å². The SMILES string of the molecule is CCCN1CCCC2(CC1)OC(N)=NC2=O. The number of rotatable bonds is 2. The average Bonchev–Trinajstić information content (AvgIpc) is 2.41. The maximum atomic E-state index is 11.8. The second-order valence-electron chi connectivity index (χ2n) is 4.55. The molecule has 1 saturated heterocycles. The van der Waals surface area contributed by atoms with E-state index in [1.54, 1.807) is 0 Å². The first kappa shape index (κ1) is 11.4. The number of hydrogen-bond acceptors (Lipinski definition) is 4. The van der Waals surface area contributed by atoms with Gasteiger partial charge in [0.25, 0.3) is 11.9 Å². The van der Waals surface area contributed by atoms with Gasteiger partial charge < -0.3 is 15.4 Å². The molecule has 1 amide bonds. The number of amides is 1. The molecule has 1 unspecified atom stereocenters. The summed E-state index contributed by atoms with van der Waals surface area (Å²) in [5, 5.41) is 0. The van der Waals surface area contributed by atoms with Crippen molar-refractivity contribution in [3.05, 3.63) is 0 Å². The molecule has 1 atom stereocenters. The largest absolute Gasteiger partial charge is 0.448 e. The lowest BCUT2D eigenvalue weighted by molar-refractivity contribution is -0.131. The molecule has 2 N–H and O–H groups in total. The molecule has 5 nitrogen and oxygen atoms in total. The number of carbonyl (C=O) groups is 1. The average molecular weight is 225 g/mol. The Labute approximate surface area is 95.6 Å². The molecule has 0 aromatic heterocycles. The number of aliphatic imine (C=N–C) groups is 1. The monoisotopic (exact) mass is 225 g/mol. The number of nitrogens with two attached hydrogens (primary N) is 1. The lowest BCUT2D eigenvalue weighted by Crippen LogP contribution is -2.39. The summed E-state index contributed by atoms with van der Waals surface area (Å²) in [6.45, 7) is 5.17. The first-order chi connectivity index (χ1) is 7.66. The molecular weight excluding hydrogens is 206 g/mol. The van der Waals surface area contributed by atoms with Gasteiger partial charge in [0.2, 0.25) is 0 Å². The van der Waals surface area contributed by atoms with Crippen LogP contribution in [0.15, 0.2) is 4.99 Å². The van der Waals surface area contributed by atoms with Crippen LogP contribution in [0, 0.1) is 0 Å². The zero-order valence-corrected chi connectivity index (χ0v) is 9.74. The van der Waals surface area contributed by atoms with Gasteiger partial charge in [0.15, 0.2) is 5.60 Å². The lowest BCUT2D eigenvalue weighted by Gasteiger charge is -2.24. The van der Waals surface area contributed by atoms with Crippen LogP contribution in [0.3, 0.4) is 0 Å². The molecule has 0 aliphatic carbocycles. The third-order valence-electron chi connectivity index (χ3n) is 3.33. The van der Waals surface area contributed by atoms with E-state index >= 15 is 0 Å². The Hall–Kier alpha value is -1.10. The number of nitrogens with zero attached hydrogens (tertiary/aromatic N) is 2. The third kappa shape index (κ3) is 2.04. The molecule has 5 heteroatoms. The summed E-state index contributed by atoms with van der Waals surface area (Å²) in [6.07, 6.45) is 3.54. The predicted octanol–water partition coefficient (Wildman–Crippen LogP) is 0.493. The molecule has 0 radical (unpaired) electrons. The maximum Gasteiger partial charge on any atom is 0.294 e. The van der Waals surface area contributed by atoms with Crippen LogP contribution in [0.5, 0.6) is 0 Å². The van der Waals surface area contributed by atoms with Crippen LogP contribution in [0.2, 0.25) is 0 Å². The van der Waals surface area contributed by atoms with Gasteiger partial charge in [-0.05, 0) is 32.4 Å². The smallest absolute Gasteiger partial charge is 0.294 e. The topological polar surface area (TPSA) is 67.9 Å². The first-order valence-electron chi connectivity index (χ1n) is 5.96.